The average molecular weight is 328 g/mol. The average Bonchev–Trinajstić information content (AvgIpc) is 3.07. The van der Waals surface area contributed by atoms with Crippen LogP contribution in [0.25, 0.3) is 0 Å². The molecule has 1 saturated carbocycles. The molecule has 20 heavy (non-hydrogen) atoms. The standard InChI is InChI=1S/C13H25N3O2.2ClH/c1-3-11-9-16(12(18)13(14)4-5-13)7-6-15(11)8-10(2)17;;/h10-11,17H,3-9,14H2,1-2H3;2*1H. The van der Waals surface area contributed by atoms with E-state index in [1.807, 2.05) is 11.8 Å². The lowest BCUT2D eigenvalue weighted by atomic mass is 10.1. The van der Waals surface area contributed by atoms with Gasteiger partial charge in [-0.2, -0.15) is 0 Å². The molecule has 2 atom stereocenters. The third kappa shape index (κ3) is 4.46. The van der Waals surface area contributed by atoms with Gasteiger partial charge in [-0.15, -0.1) is 24.8 Å². The second kappa shape index (κ2) is 7.80. The van der Waals surface area contributed by atoms with Crippen LogP contribution in [0.15, 0.2) is 0 Å². The summed E-state index contributed by atoms with van der Waals surface area (Å²) in [6, 6.07) is 0.347. The van der Waals surface area contributed by atoms with Crippen molar-refractivity contribution in [2.45, 2.75) is 50.8 Å². The summed E-state index contributed by atoms with van der Waals surface area (Å²) in [6.45, 7) is 6.95. The van der Waals surface area contributed by atoms with E-state index in [0.29, 0.717) is 12.6 Å². The molecule has 1 saturated heterocycles. The van der Waals surface area contributed by atoms with E-state index in [1.54, 1.807) is 0 Å². The third-order valence-electron chi connectivity index (χ3n) is 4.08. The lowest BCUT2D eigenvalue weighted by Gasteiger charge is -2.42. The maximum absolute atomic E-state index is 12.2. The molecule has 120 valence electrons. The highest BCUT2D eigenvalue weighted by molar-refractivity contribution is 5.89. The first kappa shape index (κ1) is 19.9. The number of aliphatic hydroxyl groups excluding tert-OH is 1. The highest BCUT2D eigenvalue weighted by Crippen LogP contribution is 2.34. The predicted octanol–water partition coefficient (Wildman–Crippen LogP) is 0.625. The van der Waals surface area contributed by atoms with Crippen LogP contribution in [0.1, 0.15) is 33.1 Å². The molecule has 0 radical (unpaired) electrons. The molecule has 2 rings (SSSR count). The fraction of sp³-hybridized carbons (Fsp3) is 0.923. The molecule has 1 heterocycles. The molecule has 0 aromatic rings. The van der Waals surface area contributed by atoms with Gasteiger partial charge in [-0.3, -0.25) is 9.69 Å². The Morgan fingerprint density at radius 3 is 2.45 bits per heavy atom. The minimum Gasteiger partial charge on any atom is -0.392 e. The number of hydrogen-bond donors (Lipinski definition) is 2. The second-order valence-corrected chi connectivity index (χ2v) is 5.81. The van der Waals surface area contributed by atoms with Crippen LogP contribution in [0.5, 0.6) is 0 Å². The summed E-state index contributed by atoms with van der Waals surface area (Å²) >= 11 is 0. The number of nitrogens with zero attached hydrogens (tertiary/aromatic N) is 2. The van der Waals surface area contributed by atoms with Crippen molar-refractivity contribution in [2.75, 3.05) is 26.2 Å². The molecular formula is C13H27Cl2N3O2. The summed E-state index contributed by atoms with van der Waals surface area (Å²) in [4.78, 5) is 16.4. The summed E-state index contributed by atoms with van der Waals surface area (Å²) in [5.74, 6) is 0.123. The number of rotatable bonds is 4. The summed E-state index contributed by atoms with van der Waals surface area (Å²) in [5.41, 5.74) is 5.43. The zero-order chi connectivity index (χ0) is 13.3. The van der Waals surface area contributed by atoms with E-state index in [2.05, 4.69) is 11.8 Å². The van der Waals surface area contributed by atoms with Gasteiger partial charge < -0.3 is 15.7 Å². The quantitative estimate of drug-likeness (QED) is 0.794. The number of nitrogens with two attached hydrogens (primary N) is 1. The van der Waals surface area contributed by atoms with Gasteiger partial charge in [0.1, 0.15) is 0 Å². The second-order valence-electron chi connectivity index (χ2n) is 5.81. The number of halogens is 2. The SMILES string of the molecule is CCC1CN(C(=O)C2(N)CC2)CCN1CC(C)O.Cl.Cl. The van der Waals surface area contributed by atoms with Crippen molar-refractivity contribution in [1.82, 2.24) is 9.80 Å². The van der Waals surface area contributed by atoms with Crippen LogP contribution in [0.2, 0.25) is 0 Å². The van der Waals surface area contributed by atoms with Crippen molar-refractivity contribution in [3.05, 3.63) is 0 Å². The minimum absolute atomic E-state index is 0. The molecule has 2 aliphatic rings. The van der Waals surface area contributed by atoms with E-state index in [0.717, 1.165) is 38.9 Å². The van der Waals surface area contributed by atoms with Crippen LogP contribution in [0, 0.1) is 0 Å². The van der Waals surface area contributed by atoms with E-state index >= 15 is 0 Å². The lowest BCUT2D eigenvalue weighted by molar-refractivity contribution is -0.137. The molecule has 1 amide bonds. The first-order valence-corrected chi connectivity index (χ1v) is 6.96. The monoisotopic (exact) mass is 327 g/mol. The Balaban J connectivity index is 0.00000180. The van der Waals surface area contributed by atoms with Gasteiger partial charge in [0.2, 0.25) is 5.91 Å². The van der Waals surface area contributed by atoms with Crippen molar-refractivity contribution in [2.24, 2.45) is 5.73 Å². The first-order valence-electron chi connectivity index (χ1n) is 6.96. The van der Waals surface area contributed by atoms with Crippen LogP contribution in [0.4, 0.5) is 0 Å². The summed E-state index contributed by atoms with van der Waals surface area (Å²) in [6.07, 6.45) is 2.34. The van der Waals surface area contributed by atoms with Crippen molar-refractivity contribution in [3.63, 3.8) is 0 Å². The van der Waals surface area contributed by atoms with E-state index < -0.39 is 5.54 Å². The Labute approximate surface area is 133 Å². The Morgan fingerprint density at radius 1 is 1.40 bits per heavy atom. The predicted molar refractivity (Wildman–Crippen MR) is 84.6 cm³/mol. The van der Waals surface area contributed by atoms with Gasteiger partial charge in [0.15, 0.2) is 0 Å². The first-order chi connectivity index (χ1) is 8.46. The van der Waals surface area contributed by atoms with Gasteiger partial charge in [-0.1, -0.05) is 6.92 Å². The van der Waals surface area contributed by atoms with Crippen molar-refractivity contribution < 1.29 is 9.90 Å². The van der Waals surface area contributed by atoms with E-state index in [1.165, 1.54) is 0 Å². The molecule has 2 unspecified atom stereocenters. The number of aliphatic hydroxyl groups is 1. The largest absolute Gasteiger partial charge is 0.392 e. The highest BCUT2D eigenvalue weighted by Gasteiger charge is 2.49. The Hall–Kier alpha value is -0.0700. The maximum Gasteiger partial charge on any atom is 0.242 e. The van der Waals surface area contributed by atoms with Crippen molar-refractivity contribution >= 4 is 30.7 Å². The van der Waals surface area contributed by atoms with E-state index in [-0.39, 0.29) is 36.8 Å². The smallest absolute Gasteiger partial charge is 0.242 e. The summed E-state index contributed by atoms with van der Waals surface area (Å²) in [7, 11) is 0. The van der Waals surface area contributed by atoms with Crippen molar-refractivity contribution in [3.8, 4) is 0 Å². The normalized spacial score (nSPS) is 26.2. The fourth-order valence-corrected chi connectivity index (χ4v) is 2.71. The van der Waals surface area contributed by atoms with Crippen LogP contribution in [0.3, 0.4) is 0 Å². The minimum atomic E-state index is -0.551. The fourth-order valence-electron chi connectivity index (χ4n) is 2.71. The number of β-amino-alcohol motifs (C(OH)–C–C–N with tert-alkyl or cyclic N) is 1. The van der Waals surface area contributed by atoms with Crippen LogP contribution >= 0.6 is 24.8 Å². The Kier molecular flexibility index (Phi) is 7.77. The highest BCUT2D eigenvalue weighted by atomic mass is 35.5. The number of hydrogen-bond acceptors (Lipinski definition) is 4. The molecule has 1 aliphatic carbocycles. The molecule has 0 aromatic carbocycles. The summed E-state index contributed by atoms with van der Waals surface area (Å²) in [5, 5.41) is 9.49. The van der Waals surface area contributed by atoms with Gasteiger partial charge in [-0.05, 0) is 26.2 Å². The van der Waals surface area contributed by atoms with Crippen molar-refractivity contribution in [1.29, 1.82) is 0 Å². The van der Waals surface area contributed by atoms with Gasteiger partial charge in [-0.25, -0.2) is 0 Å². The molecule has 0 aromatic heterocycles. The molecule has 1 aliphatic heterocycles. The summed E-state index contributed by atoms with van der Waals surface area (Å²) < 4.78 is 0. The third-order valence-corrected chi connectivity index (χ3v) is 4.08. The van der Waals surface area contributed by atoms with E-state index in [9.17, 15) is 9.90 Å². The molecule has 7 heteroatoms. The van der Waals surface area contributed by atoms with Crippen LogP contribution < -0.4 is 5.73 Å². The van der Waals surface area contributed by atoms with E-state index in [4.69, 9.17) is 5.73 Å². The van der Waals surface area contributed by atoms with Crippen LogP contribution in [-0.4, -0.2) is 64.7 Å². The molecule has 2 fully saturated rings. The zero-order valence-electron chi connectivity index (χ0n) is 12.2. The number of amides is 1. The van der Waals surface area contributed by atoms with Gasteiger partial charge in [0, 0.05) is 32.2 Å². The molecule has 0 spiro atoms. The molecule has 0 bridgehead atoms. The molecular weight excluding hydrogens is 301 g/mol. The lowest BCUT2D eigenvalue weighted by Crippen LogP contribution is -2.59. The number of carbonyl (C=O) groups excluding carboxylic acids is 1. The molecule has 3 N–H and O–H groups in total. The van der Waals surface area contributed by atoms with Gasteiger partial charge in [0.05, 0.1) is 11.6 Å². The van der Waals surface area contributed by atoms with Gasteiger partial charge in [0.25, 0.3) is 0 Å². The van der Waals surface area contributed by atoms with Gasteiger partial charge >= 0.3 is 0 Å². The zero-order valence-corrected chi connectivity index (χ0v) is 13.9. The topological polar surface area (TPSA) is 69.8 Å². The molecule has 5 nitrogen and oxygen atoms in total. The number of carbonyl (C=O) groups is 1. The Bertz CT molecular complexity index is 325. The number of piperazine rings is 1. The van der Waals surface area contributed by atoms with Crippen LogP contribution in [-0.2, 0) is 4.79 Å². The Morgan fingerprint density at radius 2 is 2.00 bits per heavy atom. The maximum atomic E-state index is 12.2.